The maximum absolute atomic E-state index is 9.89. The van der Waals surface area contributed by atoms with Crippen LogP contribution in [-0.2, 0) is 13.0 Å². The predicted molar refractivity (Wildman–Crippen MR) is 79.6 cm³/mol. The van der Waals surface area contributed by atoms with Crippen LogP contribution in [0.25, 0.3) is 0 Å². The topological polar surface area (TPSA) is 45.2 Å². The van der Waals surface area contributed by atoms with Crippen molar-refractivity contribution < 1.29 is 5.11 Å². The van der Waals surface area contributed by atoms with Gasteiger partial charge >= 0.3 is 0 Å². The zero-order valence-corrected chi connectivity index (χ0v) is 12.4. The smallest absolute Gasteiger partial charge is 0.120 e. The Morgan fingerprint density at radius 3 is 2.89 bits per heavy atom. The molecule has 0 aliphatic carbocycles. The third-order valence-corrected chi connectivity index (χ3v) is 4.30. The number of aromatic hydroxyl groups is 1. The summed E-state index contributed by atoms with van der Waals surface area (Å²) >= 11 is 1.74. The van der Waals surface area contributed by atoms with Crippen LogP contribution in [-0.4, -0.2) is 10.1 Å². The Balaban J connectivity index is 2.00. The third-order valence-electron chi connectivity index (χ3n) is 3.16. The van der Waals surface area contributed by atoms with E-state index in [1.807, 2.05) is 25.3 Å². The quantitative estimate of drug-likeness (QED) is 0.877. The molecule has 3 nitrogen and oxygen atoms in total. The summed E-state index contributed by atoms with van der Waals surface area (Å²) in [4.78, 5) is 5.69. The number of phenolic OH excluding ortho intramolecular Hbond substituents is 1. The molecule has 1 unspecified atom stereocenters. The highest BCUT2D eigenvalue weighted by molar-refractivity contribution is 7.11. The molecule has 0 radical (unpaired) electrons. The lowest BCUT2D eigenvalue weighted by Crippen LogP contribution is -2.18. The molecule has 0 spiro atoms. The molecule has 0 aliphatic heterocycles. The van der Waals surface area contributed by atoms with E-state index in [-0.39, 0.29) is 6.04 Å². The Bertz CT molecular complexity index is 551. The van der Waals surface area contributed by atoms with Crippen LogP contribution in [0.1, 0.15) is 40.9 Å². The van der Waals surface area contributed by atoms with Crippen molar-refractivity contribution in [3.63, 3.8) is 0 Å². The fraction of sp³-hybridized carbons (Fsp3) is 0.400. The van der Waals surface area contributed by atoms with E-state index >= 15 is 0 Å². The largest absolute Gasteiger partial charge is 0.508 e. The minimum absolute atomic E-state index is 0.105. The molecule has 19 heavy (non-hydrogen) atoms. The van der Waals surface area contributed by atoms with Crippen LogP contribution in [0, 0.1) is 6.92 Å². The molecule has 0 bridgehead atoms. The minimum atomic E-state index is 0.105. The van der Waals surface area contributed by atoms with Crippen LogP contribution >= 0.6 is 11.3 Å². The fourth-order valence-electron chi connectivity index (χ4n) is 1.96. The standard InChI is InChI=1S/C15H20N2OS/c1-4-12-8-17-15(19-12)9-16-11(3)13-7-10(2)5-6-14(13)18/h5-8,11,16,18H,4,9H2,1-3H3. The van der Waals surface area contributed by atoms with Gasteiger partial charge in [-0.1, -0.05) is 24.6 Å². The summed E-state index contributed by atoms with van der Waals surface area (Å²) in [5.41, 5.74) is 2.09. The number of nitrogens with one attached hydrogen (secondary N) is 1. The van der Waals surface area contributed by atoms with Crippen LogP contribution in [0.15, 0.2) is 24.4 Å². The second-order valence-electron chi connectivity index (χ2n) is 4.74. The van der Waals surface area contributed by atoms with E-state index in [2.05, 4.69) is 24.1 Å². The first kappa shape index (κ1) is 14.0. The van der Waals surface area contributed by atoms with Gasteiger partial charge in [0.15, 0.2) is 0 Å². The zero-order chi connectivity index (χ0) is 13.8. The van der Waals surface area contributed by atoms with Gasteiger partial charge in [0, 0.05) is 29.2 Å². The molecule has 1 aromatic carbocycles. The number of hydrogen-bond donors (Lipinski definition) is 2. The van der Waals surface area contributed by atoms with Crippen LogP contribution in [0.3, 0.4) is 0 Å². The Hall–Kier alpha value is -1.39. The van der Waals surface area contributed by atoms with Gasteiger partial charge in [0.2, 0.25) is 0 Å². The minimum Gasteiger partial charge on any atom is -0.508 e. The molecule has 2 N–H and O–H groups in total. The summed E-state index contributed by atoms with van der Waals surface area (Å²) < 4.78 is 0. The second-order valence-corrected chi connectivity index (χ2v) is 5.94. The number of thiazole rings is 1. The number of benzene rings is 1. The summed E-state index contributed by atoms with van der Waals surface area (Å²) in [6, 6.07) is 5.79. The van der Waals surface area contributed by atoms with Gasteiger partial charge in [0.1, 0.15) is 10.8 Å². The van der Waals surface area contributed by atoms with Gasteiger partial charge in [0.25, 0.3) is 0 Å². The third kappa shape index (κ3) is 3.55. The first-order chi connectivity index (χ1) is 9.10. The first-order valence-corrected chi connectivity index (χ1v) is 7.38. The summed E-state index contributed by atoms with van der Waals surface area (Å²) in [6.07, 6.45) is 2.97. The second kappa shape index (κ2) is 6.17. The Morgan fingerprint density at radius 2 is 2.21 bits per heavy atom. The van der Waals surface area contributed by atoms with Crippen LogP contribution in [0.4, 0.5) is 0 Å². The molecule has 0 saturated carbocycles. The predicted octanol–water partition coefficient (Wildman–Crippen LogP) is 3.57. The molecule has 1 atom stereocenters. The zero-order valence-electron chi connectivity index (χ0n) is 11.6. The Kier molecular flexibility index (Phi) is 4.56. The molecule has 4 heteroatoms. The molecule has 0 saturated heterocycles. The molecule has 2 rings (SSSR count). The van der Waals surface area contributed by atoms with Crippen molar-refractivity contribution in [3.05, 3.63) is 45.4 Å². The van der Waals surface area contributed by atoms with Gasteiger partial charge in [-0.15, -0.1) is 11.3 Å². The van der Waals surface area contributed by atoms with Crippen molar-refractivity contribution in [2.75, 3.05) is 0 Å². The number of nitrogens with zero attached hydrogens (tertiary/aromatic N) is 1. The highest BCUT2D eigenvalue weighted by Crippen LogP contribution is 2.25. The Labute approximate surface area is 118 Å². The van der Waals surface area contributed by atoms with Crippen LogP contribution in [0.2, 0.25) is 0 Å². The van der Waals surface area contributed by atoms with Crippen LogP contribution < -0.4 is 5.32 Å². The van der Waals surface area contributed by atoms with Crippen molar-refractivity contribution in [1.82, 2.24) is 10.3 Å². The molecule has 0 fully saturated rings. The van der Waals surface area contributed by atoms with Crippen molar-refractivity contribution in [1.29, 1.82) is 0 Å². The van der Waals surface area contributed by atoms with Crippen molar-refractivity contribution >= 4 is 11.3 Å². The van der Waals surface area contributed by atoms with Crippen molar-refractivity contribution in [2.24, 2.45) is 0 Å². The molecule has 1 aromatic heterocycles. The summed E-state index contributed by atoms with van der Waals surface area (Å²) in [6.45, 7) is 6.96. The van der Waals surface area contributed by atoms with Gasteiger partial charge in [-0.3, -0.25) is 0 Å². The first-order valence-electron chi connectivity index (χ1n) is 6.56. The van der Waals surface area contributed by atoms with Gasteiger partial charge in [-0.05, 0) is 26.3 Å². The monoisotopic (exact) mass is 276 g/mol. The molecule has 1 heterocycles. The van der Waals surface area contributed by atoms with E-state index in [4.69, 9.17) is 0 Å². The number of rotatable bonds is 5. The van der Waals surface area contributed by atoms with Gasteiger partial charge in [-0.2, -0.15) is 0 Å². The maximum atomic E-state index is 9.89. The lowest BCUT2D eigenvalue weighted by molar-refractivity contribution is 0.452. The van der Waals surface area contributed by atoms with Crippen LogP contribution in [0.5, 0.6) is 5.75 Å². The van der Waals surface area contributed by atoms with Gasteiger partial charge in [0.05, 0.1) is 0 Å². The summed E-state index contributed by atoms with van der Waals surface area (Å²) in [5, 5.41) is 14.4. The number of aryl methyl sites for hydroxylation is 2. The average molecular weight is 276 g/mol. The fourth-order valence-corrected chi connectivity index (χ4v) is 2.78. The molecular formula is C15H20N2OS. The molecule has 0 aliphatic rings. The normalized spacial score (nSPS) is 12.6. The van der Waals surface area contributed by atoms with Crippen molar-refractivity contribution in [3.8, 4) is 5.75 Å². The highest BCUT2D eigenvalue weighted by Gasteiger charge is 2.11. The SMILES string of the molecule is CCc1cnc(CNC(C)c2cc(C)ccc2O)s1. The maximum Gasteiger partial charge on any atom is 0.120 e. The molecule has 0 amide bonds. The van der Waals surface area contributed by atoms with Crippen molar-refractivity contribution in [2.45, 2.75) is 39.8 Å². The molecular weight excluding hydrogens is 256 g/mol. The highest BCUT2D eigenvalue weighted by atomic mass is 32.1. The number of hydrogen-bond acceptors (Lipinski definition) is 4. The average Bonchev–Trinajstić information content (AvgIpc) is 2.87. The lowest BCUT2D eigenvalue weighted by atomic mass is 10.0. The van der Waals surface area contributed by atoms with E-state index in [1.165, 1.54) is 4.88 Å². The summed E-state index contributed by atoms with van der Waals surface area (Å²) in [5.74, 6) is 0.346. The molecule has 2 aromatic rings. The Morgan fingerprint density at radius 1 is 1.42 bits per heavy atom. The van der Waals surface area contributed by atoms with E-state index in [9.17, 15) is 5.11 Å². The van der Waals surface area contributed by atoms with Gasteiger partial charge in [-0.25, -0.2) is 4.98 Å². The van der Waals surface area contributed by atoms with E-state index in [0.29, 0.717) is 5.75 Å². The summed E-state index contributed by atoms with van der Waals surface area (Å²) in [7, 11) is 0. The van der Waals surface area contributed by atoms with E-state index < -0.39 is 0 Å². The molecule has 102 valence electrons. The van der Waals surface area contributed by atoms with E-state index in [1.54, 1.807) is 17.4 Å². The van der Waals surface area contributed by atoms with E-state index in [0.717, 1.165) is 29.1 Å². The number of aromatic nitrogens is 1. The number of phenols is 1. The van der Waals surface area contributed by atoms with Gasteiger partial charge < -0.3 is 10.4 Å². The lowest BCUT2D eigenvalue weighted by Gasteiger charge is -2.15.